The van der Waals surface area contributed by atoms with Crippen molar-refractivity contribution in [3.63, 3.8) is 0 Å². The molecule has 1 N–H and O–H groups in total. The van der Waals surface area contributed by atoms with E-state index in [-0.39, 0.29) is 10.8 Å². The van der Waals surface area contributed by atoms with Gasteiger partial charge in [-0.3, -0.25) is 4.79 Å². The fourth-order valence-corrected chi connectivity index (χ4v) is 3.13. The molecule has 0 bridgehead atoms. The molecule has 0 aliphatic heterocycles. The summed E-state index contributed by atoms with van der Waals surface area (Å²) in [7, 11) is -0.471. The molecule has 2 aromatic rings. The molecule has 2 aromatic carbocycles. The maximum atomic E-state index is 12.0. The molecule has 6 nitrogen and oxygen atoms in total. The van der Waals surface area contributed by atoms with Gasteiger partial charge in [0, 0.05) is 14.1 Å². The monoisotopic (exact) mass is 376 g/mol. The fraction of sp³-hybridized carbons (Fsp3) is 0.316. The van der Waals surface area contributed by atoms with E-state index in [4.69, 9.17) is 4.74 Å². The normalized spacial score (nSPS) is 11.4. The first-order chi connectivity index (χ1) is 12.3. The van der Waals surface area contributed by atoms with Gasteiger partial charge in [0.05, 0.1) is 17.9 Å². The van der Waals surface area contributed by atoms with E-state index in [1.165, 1.54) is 26.2 Å². The van der Waals surface area contributed by atoms with Gasteiger partial charge in [-0.15, -0.1) is 0 Å². The maximum Gasteiger partial charge on any atom is 0.242 e. The van der Waals surface area contributed by atoms with E-state index in [1.54, 1.807) is 12.1 Å². The Morgan fingerprint density at radius 1 is 1.04 bits per heavy atom. The number of nitrogens with zero attached hydrogens (tertiary/aromatic N) is 1. The van der Waals surface area contributed by atoms with Crippen LogP contribution in [0.25, 0.3) is 0 Å². The number of rotatable bonds is 8. The van der Waals surface area contributed by atoms with Crippen LogP contribution >= 0.6 is 0 Å². The largest absolute Gasteiger partial charge is 0.492 e. The van der Waals surface area contributed by atoms with Gasteiger partial charge in [-0.2, -0.15) is 0 Å². The third-order valence-corrected chi connectivity index (χ3v) is 5.61. The lowest BCUT2D eigenvalue weighted by atomic mass is 10.1. The number of hydrogen-bond acceptors (Lipinski definition) is 4. The smallest absolute Gasteiger partial charge is 0.242 e. The minimum absolute atomic E-state index is 0.0649. The minimum Gasteiger partial charge on any atom is -0.492 e. The van der Waals surface area contributed by atoms with Crippen molar-refractivity contribution in [2.45, 2.75) is 18.2 Å². The Balaban J connectivity index is 1.76. The lowest BCUT2D eigenvalue weighted by molar-refractivity contribution is -0.120. The number of sulfonamides is 1. The van der Waals surface area contributed by atoms with Crippen molar-refractivity contribution in [3.8, 4) is 5.75 Å². The Morgan fingerprint density at radius 3 is 2.23 bits per heavy atom. The lowest BCUT2D eigenvalue weighted by Crippen LogP contribution is -2.29. The number of hydrogen-bond donors (Lipinski definition) is 1. The van der Waals surface area contributed by atoms with Crippen molar-refractivity contribution in [2.75, 3.05) is 27.2 Å². The molecule has 0 spiro atoms. The van der Waals surface area contributed by atoms with Gasteiger partial charge >= 0.3 is 0 Å². The Morgan fingerprint density at radius 2 is 1.65 bits per heavy atom. The van der Waals surface area contributed by atoms with Crippen molar-refractivity contribution in [1.82, 2.24) is 9.62 Å². The highest BCUT2D eigenvalue weighted by molar-refractivity contribution is 7.89. The summed E-state index contributed by atoms with van der Waals surface area (Å²) in [5.74, 6) is 0.486. The number of carbonyl (C=O) groups excluding carboxylic acids is 1. The number of nitrogens with one attached hydrogen (secondary N) is 1. The van der Waals surface area contributed by atoms with Crippen LogP contribution in [0.3, 0.4) is 0 Å². The summed E-state index contributed by atoms with van der Waals surface area (Å²) in [6.45, 7) is 2.69. The van der Waals surface area contributed by atoms with Gasteiger partial charge in [-0.1, -0.05) is 29.8 Å². The summed E-state index contributed by atoms with van der Waals surface area (Å²) in [6.07, 6.45) is 0.331. The topological polar surface area (TPSA) is 75.7 Å². The van der Waals surface area contributed by atoms with Crippen LogP contribution in [-0.4, -0.2) is 45.9 Å². The summed E-state index contributed by atoms with van der Waals surface area (Å²) < 4.78 is 30.7. The molecule has 0 aromatic heterocycles. The maximum absolute atomic E-state index is 12.0. The van der Waals surface area contributed by atoms with Crippen molar-refractivity contribution >= 4 is 15.9 Å². The van der Waals surface area contributed by atoms with Crippen LogP contribution in [0.2, 0.25) is 0 Å². The molecule has 0 heterocycles. The third kappa shape index (κ3) is 5.57. The highest BCUT2D eigenvalue weighted by Gasteiger charge is 2.16. The number of carbonyl (C=O) groups is 1. The highest BCUT2D eigenvalue weighted by Crippen LogP contribution is 2.17. The van der Waals surface area contributed by atoms with Crippen LogP contribution in [0.5, 0.6) is 5.75 Å². The van der Waals surface area contributed by atoms with Gasteiger partial charge in [0.1, 0.15) is 12.4 Å². The number of amides is 1. The van der Waals surface area contributed by atoms with Crippen LogP contribution in [0, 0.1) is 6.92 Å². The van der Waals surface area contributed by atoms with Crippen LogP contribution in [0.4, 0.5) is 0 Å². The van der Waals surface area contributed by atoms with E-state index in [9.17, 15) is 13.2 Å². The first-order valence-corrected chi connectivity index (χ1v) is 9.70. The Labute approximate surface area is 154 Å². The molecule has 0 atom stereocenters. The van der Waals surface area contributed by atoms with Crippen LogP contribution in [-0.2, 0) is 21.2 Å². The zero-order valence-electron chi connectivity index (χ0n) is 15.2. The zero-order chi connectivity index (χ0) is 19.2. The first kappa shape index (κ1) is 19.9. The van der Waals surface area contributed by atoms with Crippen molar-refractivity contribution < 1.29 is 17.9 Å². The number of aryl methyl sites for hydroxylation is 1. The van der Waals surface area contributed by atoms with Gasteiger partial charge in [0.25, 0.3) is 0 Å². The SMILES string of the molecule is Cc1ccc(CC(=O)NCCOc2ccc(S(=O)(=O)N(C)C)cc2)cc1. The molecule has 0 unspecified atom stereocenters. The van der Waals surface area contributed by atoms with E-state index in [1.807, 2.05) is 31.2 Å². The predicted octanol–water partition coefficient (Wildman–Crippen LogP) is 1.98. The van der Waals surface area contributed by atoms with Crippen molar-refractivity contribution in [1.29, 1.82) is 0 Å². The molecular weight excluding hydrogens is 352 g/mol. The van der Waals surface area contributed by atoms with Crippen molar-refractivity contribution in [2.24, 2.45) is 0 Å². The van der Waals surface area contributed by atoms with Crippen LogP contribution < -0.4 is 10.1 Å². The van der Waals surface area contributed by atoms with Gasteiger partial charge < -0.3 is 10.1 Å². The molecule has 26 heavy (non-hydrogen) atoms. The molecule has 0 fully saturated rings. The van der Waals surface area contributed by atoms with E-state index >= 15 is 0 Å². The van der Waals surface area contributed by atoms with Gasteiger partial charge in [-0.05, 0) is 36.8 Å². The van der Waals surface area contributed by atoms with Crippen molar-refractivity contribution in [3.05, 3.63) is 59.7 Å². The summed E-state index contributed by atoms with van der Waals surface area (Å²) in [5, 5.41) is 2.80. The Hall–Kier alpha value is -2.38. The Bertz CT molecular complexity index is 829. The Kier molecular flexibility index (Phi) is 6.76. The lowest BCUT2D eigenvalue weighted by Gasteiger charge is -2.12. The number of benzene rings is 2. The predicted molar refractivity (Wildman–Crippen MR) is 101 cm³/mol. The molecule has 2 rings (SSSR count). The average molecular weight is 376 g/mol. The van der Waals surface area contributed by atoms with E-state index < -0.39 is 10.0 Å². The van der Waals surface area contributed by atoms with E-state index in [0.717, 1.165) is 15.4 Å². The highest BCUT2D eigenvalue weighted by atomic mass is 32.2. The second kappa shape index (κ2) is 8.82. The fourth-order valence-electron chi connectivity index (χ4n) is 2.23. The first-order valence-electron chi connectivity index (χ1n) is 8.26. The van der Waals surface area contributed by atoms with Gasteiger partial charge in [-0.25, -0.2) is 12.7 Å². The quantitative estimate of drug-likeness (QED) is 0.715. The van der Waals surface area contributed by atoms with E-state index in [0.29, 0.717) is 25.3 Å². The molecular formula is C19H24N2O4S. The summed E-state index contributed by atoms with van der Waals surface area (Å²) in [4.78, 5) is 12.1. The molecule has 0 aliphatic rings. The van der Waals surface area contributed by atoms with E-state index in [2.05, 4.69) is 5.32 Å². The molecule has 0 saturated carbocycles. The van der Waals surface area contributed by atoms with Gasteiger partial charge in [0.2, 0.25) is 15.9 Å². The third-order valence-electron chi connectivity index (χ3n) is 3.78. The second-order valence-corrected chi connectivity index (χ2v) is 8.27. The molecule has 1 amide bonds. The number of ether oxygens (including phenoxy) is 1. The molecule has 0 aliphatic carbocycles. The van der Waals surface area contributed by atoms with Gasteiger partial charge in [0.15, 0.2) is 0 Å². The molecule has 0 radical (unpaired) electrons. The minimum atomic E-state index is -3.44. The summed E-state index contributed by atoms with van der Waals surface area (Å²) in [6, 6.07) is 14.0. The van der Waals surface area contributed by atoms with Crippen LogP contribution in [0.15, 0.2) is 53.4 Å². The van der Waals surface area contributed by atoms with Crippen LogP contribution in [0.1, 0.15) is 11.1 Å². The average Bonchev–Trinajstić information content (AvgIpc) is 2.61. The second-order valence-electron chi connectivity index (χ2n) is 6.12. The summed E-state index contributed by atoms with van der Waals surface area (Å²) >= 11 is 0. The molecule has 7 heteroatoms. The zero-order valence-corrected chi connectivity index (χ0v) is 16.0. The standard InChI is InChI=1S/C19H24N2O4S/c1-15-4-6-16(7-5-15)14-19(22)20-12-13-25-17-8-10-18(11-9-17)26(23,24)21(2)3/h4-11H,12-14H2,1-3H3,(H,20,22). The summed E-state index contributed by atoms with van der Waals surface area (Å²) in [5.41, 5.74) is 2.12. The molecule has 0 saturated heterocycles. The molecule has 140 valence electrons.